The molecule has 0 spiro atoms. The van der Waals surface area contributed by atoms with Gasteiger partial charge in [0.1, 0.15) is 0 Å². The summed E-state index contributed by atoms with van der Waals surface area (Å²) in [4.78, 5) is 0. The third-order valence-electron chi connectivity index (χ3n) is 2.79. The fraction of sp³-hybridized carbons (Fsp3) is 1.00. The average molecular weight is 228 g/mol. The highest BCUT2D eigenvalue weighted by Crippen LogP contribution is 1.98. The summed E-state index contributed by atoms with van der Waals surface area (Å²) in [7, 11) is 0. The van der Waals surface area contributed by atoms with Gasteiger partial charge < -0.3 is 10.6 Å². The maximum atomic E-state index is 3.51. The van der Waals surface area contributed by atoms with Crippen LogP contribution in [0.3, 0.4) is 0 Å². The zero-order valence-electron chi connectivity index (χ0n) is 11.6. The third-order valence-corrected chi connectivity index (χ3v) is 2.79. The Labute approximate surface area is 103 Å². The van der Waals surface area contributed by atoms with E-state index in [1.165, 1.54) is 64.6 Å². The van der Waals surface area contributed by atoms with E-state index < -0.39 is 0 Å². The molecule has 0 amide bonds. The Morgan fingerprint density at radius 3 is 1.88 bits per heavy atom. The topological polar surface area (TPSA) is 24.1 Å². The Morgan fingerprint density at radius 2 is 1.31 bits per heavy atom. The maximum absolute atomic E-state index is 3.51. The maximum Gasteiger partial charge on any atom is 0.00103 e. The third kappa shape index (κ3) is 13.9. The number of hydrogen-bond donors (Lipinski definition) is 2. The summed E-state index contributed by atoms with van der Waals surface area (Å²) >= 11 is 0. The summed E-state index contributed by atoms with van der Waals surface area (Å²) in [6, 6.07) is 0.639. The molecule has 0 aromatic carbocycles. The molecule has 0 aliphatic heterocycles. The van der Waals surface area contributed by atoms with Crippen LogP contribution in [-0.4, -0.2) is 25.7 Å². The summed E-state index contributed by atoms with van der Waals surface area (Å²) in [5, 5.41) is 6.97. The second-order valence-electron chi connectivity index (χ2n) is 4.98. The summed E-state index contributed by atoms with van der Waals surface area (Å²) in [6.45, 7) is 10.3. The van der Waals surface area contributed by atoms with E-state index in [4.69, 9.17) is 0 Å². The van der Waals surface area contributed by atoms with Crippen molar-refractivity contribution in [2.75, 3.05) is 19.6 Å². The molecule has 16 heavy (non-hydrogen) atoms. The molecular formula is C14H32N2. The van der Waals surface area contributed by atoms with Gasteiger partial charge in [-0.1, -0.05) is 46.5 Å². The lowest BCUT2D eigenvalue weighted by Crippen LogP contribution is -2.23. The molecule has 0 aliphatic carbocycles. The highest BCUT2D eigenvalue weighted by Gasteiger charge is 1.93. The van der Waals surface area contributed by atoms with E-state index in [9.17, 15) is 0 Å². The molecule has 0 heterocycles. The molecule has 2 heteroatoms. The van der Waals surface area contributed by atoms with E-state index >= 15 is 0 Å². The van der Waals surface area contributed by atoms with E-state index in [2.05, 4.69) is 31.4 Å². The van der Waals surface area contributed by atoms with Crippen molar-refractivity contribution in [3.8, 4) is 0 Å². The SMILES string of the molecule is CCCCCNCCCCCCNC(C)C. The number of unbranched alkanes of at least 4 members (excludes halogenated alkanes) is 5. The van der Waals surface area contributed by atoms with E-state index in [-0.39, 0.29) is 0 Å². The van der Waals surface area contributed by atoms with Gasteiger partial charge in [0.15, 0.2) is 0 Å². The Kier molecular flexibility index (Phi) is 12.9. The Balaban J connectivity index is 2.88. The minimum absolute atomic E-state index is 0.639. The summed E-state index contributed by atoms with van der Waals surface area (Å²) in [5.41, 5.74) is 0. The van der Waals surface area contributed by atoms with Gasteiger partial charge in [-0.15, -0.1) is 0 Å². The summed E-state index contributed by atoms with van der Waals surface area (Å²) < 4.78 is 0. The molecule has 98 valence electrons. The van der Waals surface area contributed by atoms with Crippen LogP contribution in [0.25, 0.3) is 0 Å². The molecule has 0 aromatic rings. The predicted molar refractivity (Wildman–Crippen MR) is 74.0 cm³/mol. The Bertz CT molecular complexity index is 124. The molecule has 0 bridgehead atoms. The first kappa shape index (κ1) is 15.9. The zero-order valence-corrected chi connectivity index (χ0v) is 11.6. The molecule has 0 aromatic heterocycles. The molecule has 0 unspecified atom stereocenters. The first-order valence-electron chi connectivity index (χ1n) is 7.21. The van der Waals surface area contributed by atoms with Gasteiger partial charge >= 0.3 is 0 Å². The first-order chi connectivity index (χ1) is 7.77. The van der Waals surface area contributed by atoms with Gasteiger partial charge in [-0.05, 0) is 38.9 Å². The Morgan fingerprint density at radius 1 is 0.750 bits per heavy atom. The monoisotopic (exact) mass is 228 g/mol. The fourth-order valence-corrected chi connectivity index (χ4v) is 1.74. The fourth-order valence-electron chi connectivity index (χ4n) is 1.74. The van der Waals surface area contributed by atoms with Crippen LogP contribution >= 0.6 is 0 Å². The van der Waals surface area contributed by atoms with Crippen molar-refractivity contribution in [3.63, 3.8) is 0 Å². The van der Waals surface area contributed by atoms with Gasteiger partial charge in [0.25, 0.3) is 0 Å². The molecule has 2 nitrogen and oxygen atoms in total. The van der Waals surface area contributed by atoms with Gasteiger partial charge in [0.05, 0.1) is 0 Å². The highest BCUT2D eigenvalue weighted by molar-refractivity contribution is 4.54. The molecule has 0 rings (SSSR count). The number of hydrogen-bond acceptors (Lipinski definition) is 2. The van der Waals surface area contributed by atoms with Crippen LogP contribution in [-0.2, 0) is 0 Å². The largest absolute Gasteiger partial charge is 0.317 e. The van der Waals surface area contributed by atoms with Gasteiger partial charge in [-0.25, -0.2) is 0 Å². The van der Waals surface area contributed by atoms with Crippen molar-refractivity contribution in [1.82, 2.24) is 10.6 Å². The highest BCUT2D eigenvalue weighted by atomic mass is 14.9. The quantitative estimate of drug-likeness (QED) is 0.501. The minimum Gasteiger partial charge on any atom is -0.317 e. The lowest BCUT2D eigenvalue weighted by molar-refractivity contribution is 0.528. The van der Waals surface area contributed by atoms with Crippen molar-refractivity contribution in [1.29, 1.82) is 0 Å². The van der Waals surface area contributed by atoms with E-state index in [1.54, 1.807) is 0 Å². The predicted octanol–water partition coefficient (Wildman–Crippen LogP) is 3.32. The standard InChI is InChI=1S/C14H32N2/c1-4-5-8-11-15-12-9-6-7-10-13-16-14(2)3/h14-16H,4-13H2,1-3H3. The number of nitrogens with one attached hydrogen (secondary N) is 2. The lowest BCUT2D eigenvalue weighted by Gasteiger charge is -2.07. The molecule has 2 N–H and O–H groups in total. The summed E-state index contributed by atoms with van der Waals surface area (Å²) in [5.74, 6) is 0. The average Bonchev–Trinajstić information content (AvgIpc) is 2.25. The zero-order chi connectivity index (χ0) is 12.1. The first-order valence-corrected chi connectivity index (χ1v) is 7.21. The number of rotatable bonds is 12. The van der Waals surface area contributed by atoms with Gasteiger partial charge in [-0.2, -0.15) is 0 Å². The lowest BCUT2D eigenvalue weighted by atomic mass is 10.2. The molecule has 0 fully saturated rings. The van der Waals surface area contributed by atoms with Gasteiger partial charge in [-0.3, -0.25) is 0 Å². The van der Waals surface area contributed by atoms with E-state index in [0.29, 0.717) is 6.04 Å². The van der Waals surface area contributed by atoms with E-state index in [1.807, 2.05) is 0 Å². The van der Waals surface area contributed by atoms with Crippen LogP contribution in [0.1, 0.15) is 65.7 Å². The molecular weight excluding hydrogens is 196 g/mol. The van der Waals surface area contributed by atoms with Crippen LogP contribution in [0.4, 0.5) is 0 Å². The molecule has 0 radical (unpaired) electrons. The molecule has 0 aliphatic rings. The van der Waals surface area contributed by atoms with Crippen LogP contribution in [0.5, 0.6) is 0 Å². The smallest absolute Gasteiger partial charge is 0.00103 e. The van der Waals surface area contributed by atoms with Gasteiger partial charge in [0, 0.05) is 6.04 Å². The minimum atomic E-state index is 0.639. The van der Waals surface area contributed by atoms with Crippen molar-refractivity contribution in [2.45, 2.75) is 71.8 Å². The summed E-state index contributed by atoms with van der Waals surface area (Å²) in [6.07, 6.45) is 9.45. The van der Waals surface area contributed by atoms with Gasteiger partial charge in [0.2, 0.25) is 0 Å². The van der Waals surface area contributed by atoms with E-state index in [0.717, 1.165) is 0 Å². The van der Waals surface area contributed by atoms with Crippen molar-refractivity contribution in [3.05, 3.63) is 0 Å². The Hall–Kier alpha value is -0.0800. The second kappa shape index (κ2) is 13.0. The van der Waals surface area contributed by atoms with Crippen molar-refractivity contribution >= 4 is 0 Å². The van der Waals surface area contributed by atoms with Crippen LogP contribution in [0, 0.1) is 0 Å². The van der Waals surface area contributed by atoms with Crippen LogP contribution in [0.15, 0.2) is 0 Å². The van der Waals surface area contributed by atoms with Crippen molar-refractivity contribution < 1.29 is 0 Å². The molecule has 0 atom stereocenters. The van der Waals surface area contributed by atoms with Crippen LogP contribution in [0.2, 0.25) is 0 Å². The molecule has 0 saturated heterocycles. The normalized spacial score (nSPS) is 11.2. The van der Waals surface area contributed by atoms with Crippen molar-refractivity contribution in [2.24, 2.45) is 0 Å². The second-order valence-corrected chi connectivity index (χ2v) is 4.98. The van der Waals surface area contributed by atoms with Crippen LogP contribution < -0.4 is 10.6 Å². The molecule has 0 saturated carbocycles.